The number of carbonyl (C=O) groups is 2. The average Bonchev–Trinajstić information content (AvgIpc) is 2.90. The zero-order valence-electron chi connectivity index (χ0n) is 10.7. The summed E-state index contributed by atoms with van der Waals surface area (Å²) in [5.74, 6) is -1.05. The fourth-order valence-corrected chi connectivity index (χ4v) is 1.70. The van der Waals surface area contributed by atoms with Crippen LogP contribution in [0.2, 0.25) is 0 Å². The fraction of sp³-hybridized carbons (Fsp3) is 0.0714. The summed E-state index contributed by atoms with van der Waals surface area (Å²) in [6, 6.07) is 6.61. The summed E-state index contributed by atoms with van der Waals surface area (Å²) in [5.41, 5.74) is 1.80. The van der Waals surface area contributed by atoms with E-state index < -0.39 is 5.97 Å². The van der Waals surface area contributed by atoms with Crippen molar-refractivity contribution in [3.8, 4) is 0 Å². The number of carboxylic acid groups (broad SMARTS) is 1. The second-order valence-electron chi connectivity index (χ2n) is 4.03. The predicted octanol–water partition coefficient (Wildman–Crippen LogP) is 2.33. The molecule has 0 atom stereocenters. The van der Waals surface area contributed by atoms with Crippen molar-refractivity contribution in [1.82, 2.24) is 5.16 Å². The Morgan fingerprint density at radius 3 is 2.80 bits per heavy atom. The number of nitrogens with zero attached hydrogens (tertiary/aromatic N) is 1. The number of rotatable bonds is 4. The van der Waals surface area contributed by atoms with Crippen LogP contribution < -0.4 is 5.32 Å². The van der Waals surface area contributed by atoms with Gasteiger partial charge in [0.15, 0.2) is 5.82 Å². The molecule has 0 fully saturated rings. The summed E-state index contributed by atoms with van der Waals surface area (Å²) in [6.07, 6.45) is 3.83. The first kappa shape index (κ1) is 13.5. The number of carbonyl (C=O) groups excluding carboxylic acids is 1. The van der Waals surface area contributed by atoms with Gasteiger partial charge in [-0.15, -0.1) is 0 Å². The lowest BCUT2D eigenvalue weighted by molar-refractivity contribution is -0.131. The molecule has 0 saturated carbocycles. The van der Waals surface area contributed by atoms with Gasteiger partial charge < -0.3 is 14.9 Å². The Morgan fingerprint density at radius 1 is 1.35 bits per heavy atom. The quantitative estimate of drug-likeness (QED) is 0.833. The van der Waals surface area contributed by atoms with Crippen LogP contribution in [-0.4, -0.2) is 22.1 Å². The van der Waals surface area contributed by atoms with Crippen LogP contribution in [0.25, 0.3) is 6.08 Å². The average molecular weight is 272 g/mol. The van der Waals surface area contributed by atoms with Crippen molar-refractivity contribution < 1.29 is 19.2 Å². The number of aliphatic carboxylic acids is 1. The molecule has 102 valence electrons. The van der Waals surface area contributed by atoms with Gasteiger partial charge in [0.05, 0.1) is 0 Å². The van der Waals surface area contributed by atoms with Crippen molar-refractivity contribution in [3.05, 3.63) is 53.3 Å². The molecule has 6 heteroatoms. The molecule has 1 aromatic carbocycles. The van der Waals surface area contributed by atoms with E-state index in [4.69, 9.17) is 5.11 Å². The molecule has 0 unspecified atom stereocenters. The molecular formula is C14H12N2O4. The molecule has 0 bridgehead atoms. The third-order valence-corrected chi connectivity index (χ3v) is 2.71. The highest BCUT2D eigenvalue weighted by molar-refractivity contribution is 6.05. The van der Waals surface area contributed by atoms with Crippen molar-refractivity contribution in [3.63, 3.8) is 0 Å². The topological polar surface area (TPSA) is 92.4 Å². The number of nitrogens with one attached hydrogen (secondary N) is 1. The lowest BCUT2D eigenvalue weighted by atomic mass is 10.0. The highest BCUT2D eigenvalue weighted by Crippen LogP contribution is 2.17. The summed E-state index contributed by atoms with van der Waals surface area (Å²) < 4.78 is 4.63. The van der Waals surface area contributed by atoms with Crippen molar-refractivity contribution in [1.29, 1.82) is 0 Å². The van der Waals surface area contributed by atoms with Gasteiger partial charge in [-0.3, -0.25) is 4.79 Å². The summed E-state index contributed by atoms with van der Waals surface area (Å²) >= 11 is 0. The van der Waals surface area contributed by atoms with Gasteiger partial charge >= 0.3 is 5.97 Å². The molecule has 1 heterocycles. The fourth-order valence-electron chi connectivity index (χ4n) is 1.70. The smallest absolute Gasteiger partial charge is 0.328 e. The molecule has 0 saturated heterocycles. The predicted molar refractivity (Wildman–Crippen MR) is 72.3 cm³/mol. The molecule has 0 spiro atoms. The number of hydrogen-bond donors (Lipinski definition) is 2. The second-order valence-corrected chi connectivity index (χ2v) is 4.03. The standard InChI is InChI=1S/C14H12N2O4/c1-9-10(5-6-13(17)18)3-2-4-11(9)14(19)15-12-7-8-20-16-12/h2-8H,1H3,(H,17,18)(H,15,16,19). The third kappa shape index (κ3) is 3.11. The summed E-state index contributed by atoms with van der Waals surface area (Å²) in [4.78, 5) is 22.6. The van der Waals surface area contributed by atoms with Crippen molar-refractivity contribution >= 4 is 23.8 Å². The molecule has 20 heavy (non-hydrogen) atoms. The first-order valence-electron chi connectivity index (χ1n) is 5.80. The Kier molecular flexibility index (Phi) is 3.95. The van der Waals surface area contributed by atoms with E-state index in [-0.39, 0.29) is 5.91 Å². The Balaban J connectivity index is 2.26. The van der Waals surface area contributed by atoms with E-state index in [0.717, 1.165) is 6.08 Å². The third-order valence-electron chi connectivity index (χ3n) is 2.71. The lowest BCUT2D eigenvalue weighted by Crippen LogP contribution is -2.14. The zero-order valence-corrected chi connectivity index (χ0v) is 10.7. The van der Waals surface area contributed by atoms with Crippen molar-refractivity contribution in [2.24, 2.45) is 0 Å². The van der Waals surface area contributed by atoms with Gasteiger partial charge in [0.25, 0.3) is 5.91 Å². The molecule has 0 aliphatic heterocycles. The first-order chi connectivity index (χ1) is 9.58. The number of hydrogen-bond acceptors (Lipinski definition) is 4. The van der Waals surface area contributed by atoms with E-state index in [1.807, 2.05) is 0 Å². The molecule has 2 aromatic rings. The van der Waals surface area contributed by atoms with Gasteiger partial charge in [0.1, 0.15) is 6.26 Å². The van der Waals surface area contributed by atoms with Crippen LogP contribution in [0, 0.1) is 6.92 Å². The van der Waals surface area contributed by atoms with Gasteiger partial charge in [-0.2, -0.15) is 0 Å². The summed E-state index contributed by atoms with van der Waals surface area (Å²) in [5, 5.41) is 14.8. The SMILES string of the molecule is Cc1c(C=CC(=O)O)cccc1C(=O)Nc1ccon1. The van der Waals surface area contributed by atoms with Crippen LogP contribution in [-0.2, 0) is 4.79 Å². The minimum atomic E-state index is -1.04. The van der Waals surface area contributed by atoms with E-state index in [1.54, 1.807) is 25.1 Å². The minimum Gasteiger partial charge on any atom is -0.478 e. The maximum Gasteiger partial charge on any atom is 0.328 e. The van der Waals surface area contributed by atoms with E-state index in [2.05, 4.69) is 15.0 Å². The number of benzene rings is 1. The van der Waals surface area contributed by atoms with Gasteiger partial charge in [-0.1, -0.05) is 17.3 Å². The van der Waals surface area contributed by atoms with Crippen LogP contribution >= 0.6 is 0 Å². The molecule has 0 radical (unpaired) electrons. The molecule has 6 nitrogen and oxygen atoms in total. The maximum atomic E-state index is 12.1. The van der Waals surface area contributed by atoms with E-state index in [9.17, 15) is 9.59 Å². The van der Waals surface area contributed by atoms with Crippen molar-refractivity contribution in [2.75, 3.05) is 5.32 Å². The van der Waals surface area contributed by atoms with E-state index in [0.29, 0.717) is 22.5 Å². The molecule has 0 aliphatic rings. The highest BCUT2D eigenvalue weighted by Gasteiger charge is 2.12. The Bertz CT molecular complexity index is 660. The highest BCUT2D eigenvalue weighted by atomic mass is 16.5. The zero-order chi connectivity index (χ0) is 14.5. The van der Waals surface area contributed by atoms with Gasteiger partial charge in [0, 0.05) is 17.7 Å². The van der Waals surface area contributed by atoms with Gasteiger partial charge in [0.2, 0.25) is 0 Å². The normalized spacial score (nSPS) is 10.7. The summed E-state index contributed by atoms with van der Waals surface area (Å²) in [7, 11) is 0. The maximum absolute atomic E-state index is 12.1. The van der Waals surface area contributed by atoms with Crippen LogP contribution in [0.1, 0.15) is 21.5 Å². The monoisotopic (exact) mass is 272 g/mol. The van der Waals surface area contributed by atoms with Crippen LogP contribution in [0.4, 0.5) is 5.82 Å². The molecule has 1 aromatic heterocycles. The van der Waals surface area contributed by atoms with Crippen molar-refractivity contribution in [2.45, 2.75) is 6.92 Å². The van der Waals surface area contributed by atoms with Gasteiger partial charge in [-0.05, 0) is 30.2 Å². The molecule has 0 aliphatic carbocycles. The van der Waals surface area contributed by atoms with Crippen LogP contribution in [0.5, 0.6) is 0 Å². The largest absolute Gasteiger partial charge is 0.478 e. The number of carboxylic acids is 1. The molecule has 2 rings (SSSR count). The molecule has 2 N–H and O–H groups in total. The Hall–Kier alpha value is -2.89. The number of amides is 1. The number of aromatic nitrogens is 1. The summed E-state index contributed by atoms with van der Waals surface area (Å²) in [6.45, 7) is 1.75. The lowest BCUT2D eigenvalue weighted by Gasteiger charge is -2.07. The van der Waals surface area contributed by atoms with Crippen LogP contribution in [0.15, 0.2) is 41.1 Å². The Morgan fingerprint density at radius 2 is 2.15 bits per heavy atom. The van der Waals surface area contributed by atoms with E-state index >= 15 is 0 Å². The Labute approximate surface area is 114 Å². The number of anilines is 1. The van der Waals surface area contributed by atoms with Crippen LogP contribution in [0.3, 0.4) is 0 Å². The second kappa shape index (κ2) is 5.83. The first-order valence-corrected chi connectivity index (χ1v) is 5.80. The van der Waals surface area contributed by atoms with E-state index in [1.165, 1.54) is 18.4 Å². The minimum absolute atomic E-state index is 0.320. The molecular weight excluding hydrogens is 260 g/mol. The van der Waals surface area contributed by atoms with Gasteiger partial charge in [-0.25, -0.2) is 4.79 Å². The molecule has 1 amide bonds.